The zero-order valence-corrected chi connectivity index (χ0v) is 24.6. The third kappa shape index (κ3) is 7.56. The first-order valence-electron chi connectivity index (χ1n) is 13.9. The minimum absolute atomic E-state index is 0.143. The highest BCUT2D eigenvalue weighted by Crippen LogP contribution is 2.44. The predicted octanol–water partition coefficient (Wildman–Crippen LogP) is 4.45. The Kier molecular flexibility index (Phi) is 10.1. The minimum Gasteiger partial charge on any atom is -0.354 e. The number of methoxy groups -OCH3 is 1. The maximum Gasteiger partial charge on any atom is 0.252 e. The average Bonchev–Trinajstić information content (AvgIpc) is 3.37. The molecule has 2 aromatic carbocycles. The molecule has 10 heteroatoms. The maximum absolute atomic E-state index is 13.5. The molecule has 0 radical (unpaired) electrons. The lowest BCUT2D eigenvalue weighted by molar-refractivity contribution is -0.134. The fourth-order valence-electron chi connectivity index (χ4n) is 4.92. The summed E-state index contributed by atoms with van der Waals surface area (Å²) in [6.45, 7) is 8.48. The first-order valence-corrected chi connectivity index (χ1v) is 14.7. The number of carbonyl (C=O) groups is 3. The van der Waals surface area contributed by atoms with E-state index in [1.807, 2.05) is 58.0 Å². The molecule has 1 fully saturated rings. The van der Waals surface area contributed by atoms with Crippen molar-refractivity contribution >= 4 is 40.9 Å². The van der Waals surface area contributed by atoms with Gasteiger partial charge in [-0.05, 0) is 61.4 Å². The lowest BCUT2D eigenvalue weighted by Crippen LogP contribution is -2.56. The summed E-state index contributed by atoms with van der Waals surface area (Å²) in [5.74, 6) is -0.699. The highest BCUT2D eigenvalue weighted by molar-refractivity contribution is 7.99. The third-order valence-electron chi connectivity index (χ3n) is 6.89. The number of benzene rings is 2. The van der Waals surface area contributed by atoms with Crippen LogP contribution in [-0.4, -0.2) is 55.9 Å². The molecule has 0 bridgehead atoms. The normalized spacial score (nSPS) is 19.3. The van der Waals surface area contributed by atoms with E-state index in [-0.39, 0.29) is 35.6 Å². The van der Waals surface area contributed by atoms with Crippen molar-refractivity contribution < 1.29 is 23.9 Å². The zero-order chi connectivity index (χ0) is 28.8. The molecule has 1 unspecified atom stereocenters. The van der Waals surface area contributed by atoms with Crippen LogP contribution in [0.25, 0.3) is 0 Å². The summed E-state index contributed by atoms with van der Waals surface area (Å²) >= 11 is 1.65. The Morgan fingerprint density at radius 3 is 2.33 bits per heavy atom. The first kappa shape index (κ1) is 29.9. The number of rotatable bonds is 11. The lowest BCUT2D eigenvalue weighted by atomic mass is 9.99. The van der Waals surface area contributed by atoms with Gasteiger partial charge in [0.2, 0.25) is 11.8 Å². The van der Waals surface area contributed by atoms with Crippen molar-refractivity contribution in [3.05, 3.63) is 48.0 Å². The average molecular weight is 569 g/mol. The number of nitrogens with one attached hydrogen (secondary N) is 4. The molecule has 0 spiro atoms. The Bertz CT molecular complexity index is 1220. The van der Waals surface area contributed by atoms with Crippen LogP contribution in [0.15, 0.2) is 52.3 Å². The van der Waals surface area contributed by atoms with Crippen molar-refractivity contribution in [2.45, 2.75) is 81.2 Å². The number of hydrogen-bond donors (Lipinski definition) is 4. The van der Waals surface area contributed by atoms with Crippen LogP contribution >= 0.6 is 11.8 Å². The van der Waals surface area contributed by atoms with Gasteiger partial charge in [-0.3, -0.25) is 14.4 Å². The molecule has 2 aliphatic heterocycles. The third-order valence-corrected chi connectivity index (χ3v) is 8.04. The molecule has 1 saturated heterocycles. The van der Waals surface area contributed by atoms with Crippen LogP contribution in [0, 0.1) is 11.8 Å². The molecule has 4 rings (SSSR count). The zero-order valence-electron chi connectivity index (χ0n) is 23.8. The van der Waals surface area contributed by atoms with Crippen LogP contribution in [0.5, 0.6) is 0 Å². The monoisotopic (exact) mass is 568 g/mol. The van der Waals surface area contributed by atoms with Gasteiger partial charge in [-0.25, -0.2) is 0 Å². The molecule has 0 aromatic heterocycles. The van der Waals surface area contributed by atoms with Crippen LogP contribution in [0.3, 0.4) is 0 Å². The van der Waals surface area contributed by atoms with Gasteiger partial charge in [-0.15, -0.1) is 0 Å². The van der Waals surface area contributed by atoms with Gasteiger partial charge in [-0.2, -0.15) is 0 Å². The van der Waals surface area contributed by atoms with E-state index in [1.54, 1.807) is 17.8 Å². The molecule has 0 aliphatic carbocycles. The highest BCUT2D eigenvalue weighted by Gasteiger charge is 2.33. The van der Waals surface area contributed by atoms with E-state index < -0.39 is 18.4 Å². The van der Waals surface area contributed by atoms with Crippen LogP contribution < -0.4 is 21.3 Å². The fraction of sp³-hybridized carbons (Fsp3) is 0.500. The molecule has 2 aromatic rings. The molecule has 3 amide bonds. The Balaban J connectivity index is 1.45. The number of anilines is 2. The standard InChI is InChI=1S/C30H40N4O5S/c1-17(2)14-23(29(37)34-24(15-18(3)4)28(36)32-21-12-13-39-30(21)38-5)33-27(35)19-10-11-26-22(16-19)31-20-8-6-7-9-25(20)40-26/h6-11,16-18,21,23-24,30-31H,12-15H2,1-5H3,(H,32,36)(H,33,35)(H,34,37)/t21-,23-,24-,30?/m0/s1. The highest BCUT2D eigenvalue weighted by atomic mass is 32.2. The number of para-hydroxylation sites is 1. The van der Waals surface area contributed by atoms with Crippen LogP contribution in [-0.2, 0) is 19.1 Å². The molecule has 40 heavy (non-hydrogen) atoms. The van der Waals surface area contributed by atoms with Crippen LogP contribution in [0.1, 0.15) is 57.3 Å². The van der Waals surface area contributed by atoms with Crippen molar-refractivity contribution in [3.63, 3.8) is 0 Å². The second kappa shape index (κ2) is 13.5. The van der Waals surface area contributed by atoms with Gasteiger partial charge in [0.05, 0.1) is 24.0 Å². The second-order valence-corrected chi connectivity index (χ2v) is 12.2. The molecule has 4 atom stereocenters. The van der Waals surface area contributed by atoms with E-state index in [9.17, 15) is 14.4 Å². The maximum atomic E-state index is 13.5. The van der Waals surface area contributed by atoms with E-state index in [0.717, 1.165) is 21.2 Å². The second-order valence-electron chi connectivity index (χ2n) is 11.2. The topological polar surface area (TPSA) is 118 Å². The first-order chi connectivity index (χ1) is 19.1. The fourth-order valence-corrected chi connectivity index (χ4v) is 5.89. The molecular weight excluding hydrogens is 528 g/mol. The summed E-state index contributed by atoms with van der Waals surface area (Å²) in [4.78, 5) is 42.2. The molecule has 9 nitrogen and oxygen atoms in total. The van der Waals surface area contributed by atoms with E-state index >= 15 is 0 Å². The van der Waals surface area contributed by atoms with Gasteiger partial charge in [0.25, 0.3) is 5.91 Å². The number of ether oxygens (including phenoxy) is 2. The molecule has 0 saturated carbocycles. The van der Waals surface area contributed by atoms with Crippen molar-refractivity contribution in [2.24, 2.45) is 11.8 Å². The quantitative estimate of drug-likeness (QED) is 0.270. The molecule has 216 valence electrons. The van der Waals surface area contributed by atoms with Gasteiger partial charge in [0.15, 0.2) is 6.29 Å². The van der Waals surface area contributed by atoms with E-state index in [0.29, 0.717) is 31.4 Å². The largest absolute Gasteiger partial charge is 0.354 e. The number of fused-ring (bicyclic) bond motifs is 2. The van der Waals surface area contributed by atoms with Gasteiger partial charge < -0.3 is 30.7 Å². The van der Waals surface area contributed by atoms with Crippen molar-refractivity contribution in [2.75, 3.05) is 19.0 Å². The number of amides is 3. The Morgan fingerprint density at radius 2 is 1.62 bits per heavy atom. The summed E-state index contributed by atoms with van der Waals surface area (Å²) in [6, 6.07) is 11.7. The van der Waals surface area contributed by atoms with Gasteiger partial charge in [0.1, 0.15) is 12.1 Å². The summed E-state index contributed by atoms with van der Waals surface area (Å²) in [5.41, 5.74) is 2.29. The smallest absolute Gasteiger partial charge is 0.252 e. The molecule has 2 aliphatic rings. The minimum atomic E-state index is -0.796. The van der Waals surface area contributed by atoms with E-state index in [1.165, 1.54) is 7.11 Å². The van der Waals surface area contributed by atoms with Gasteiger partial charge in [0, 0.05) is 22.5 Å². The van der Waals surface area contributed by atoms with Gasteiger partial charge >= 0.3 is 0 Å². The van der Waals surface area contributed by atoms with E-state index in [4.69, 9.17) is 9.47 Å². The lowest BCUT2D eigenvalue weighted by Gasteiger charge is -2.27. The summed E-state index contributed by atoms with van der Waals surface area (Å²) in [7, 11) is 1.54. The predicted molar refractivity (Wildman–Crippen MR) is 156 cm³/mol. The van der Waals surface area contributed by atoms with E-state index in [2.05, 4.69) is 27.3 Å². The van der Waals surface area contributed by atoms with Gasteiger partial charge in [-0.1, -0.05) is 51.6 Å². The summed E-state index contributed by atoms with van der Waals surface area (Å²) in [5, 5.41) is 12.2. The van der Waals surface area contributed by atoms with Crippen molar-refractivity contribution in [1.29, 1.82) is 0 Å². The SMILES string of the molecule is COC1OCC[C@@H]1NC(=O)[C@H](CC(C)C)NC(=O)[C@H](CC(C)C)NC(=O)c1ccc2c(c1)Nc1ccccc1S2. The Labute approximate surface area is 240 Å². The molecular formula is C30H40N4O5S. The van der Waals surface area contributed by atoms with Crippen molar-refractivity contribution in [1.82, 2.24) is 16.0 Å². The van der Waals surface area contributed by atoms with Crippen LogP contribution in [0.2, 0.25) is 0 Å². The Hall–Kier alpha value is -3.08. The molecule has 2 heterocycles. The molecule has 4 N–H and O–H groups in total. The number of carbonyl (C=O) groups excluding carboxylic acids is 3. The Morgan fingerprint density at radius 1 is 0.950 bits per heavy atom. The summed E-state index contributed by atoms with van der Waals surface area (Å²) < 4.78 is 10.8. The van der Waals surface area contributed by atoms with Crippen LogP contribution in [0.4, 0.5) is 11.4 Å². The number of hydrogen-bond acceptors (Lipinski definition) is 7. The summed E-state index contributed by atoms with van der Waals surface area (Å²) in [6.07, 6.45) is 1.02. The van der Waals surface area contributed by atoms with Crippen molar-refractivity contribution in [3.8, 4) is 0 Å².